The molecule has 3 nitrogen and oxygen atoms in total. The van der Waals surface area contributed by atoms with Crippen molar-refractivity contribution < 1.29 is 46.0 Å². The minimum atomic E-state index is -2.85. The van der Waals surface area contributed by atoms with Crippen molar-refractivity contribution in [2.24, 2.45) is 0 Å². The molecule has 0 saturated carbocycles. The zero-order valence-corrected chi connectivity index (χ0v) is 11.7. The number of rotatable bonds is 2. The second-order valence-electron chi connectivity index (χ2n) is 2.87. The fraction of sp³-hybridized carbons (Fsp3) is 0. The molecule has 0 aromatic heterocycles. The largest absolute Gasteiger partial charge is 0.357 e. The number of halogens is 2. The Morgan fingerprint density at radius 2 is 0.941 bits per heavy atom. The molecule has 0 aliphatic carbocycles. The standard InChI is InChI=1S/C12H10I.ClO3/c1-3-7-11(8-4-1)13-12-9-5-2-6-10-12;2-1(3)4/h1-10H;/q+1;-1. The zero-order valence-electron chi connectivity index (χ0n) is 8.75. The van der Waals surface area contributed by atoms with Gasteiger partial charge < -0.3 is 14.0 Å². The van der Waals surface area contributed by atoms with E-state index in [2.05, 4.69) is 60.7 Å². The highest BCUT2D eigenvalue weighted by molar-refractivity contribution is 5.02. The predicted molar refractivity (Wildman–Crippen MR) is 50.3 cm³/mol. The minimum Gasteiger partial charge on any atom is -0.357 e. The quantitative estimate of drug-likeness (QED) is 0.514. The molecule has 0 unspecified atom stereocenters. The van der Waals surface area contributed by atoms with Crippen molar-refractivity contribution in [1.29, 1.82) is 0 Å². The van der Waals surface area contributed by atoms with Crippen LogP contribution in [0.25, 0.3) is 0 Å². The summed E-state index contributed by atoms with van der Waals surface area (Å²) >= 11 is 0.0287. The lowest BCUT2D eigenvalue weighted by molar-refractivity contribution is -1.73. The molecule has 2 aromatic rings. The summed E-state index contributed by atoms with van der Waals surface area (Å²) in [5.74, 6) is 0. The van der Waals surface area contributed by atoms with Gasteiger partial charge in [0.05, 0.1) is 10.8 Å². The van der Waals surface area contributed by atoms with Crippen molar-refractivity contribution >= 4 is 0 Å². The van der Waals surface area contributed by atoms with Crippen molar-refractivity contribution in [1.82, 2.24) is 0 Å². The summed E-state index contributed by atoms with van der Waals surface area (Å²) < 4.78 is 28.2. The fourth-order valence-corrected chi connectivity index (χ4v) is 3.35. The Bertz CT molecular complexity index is 368. The maximum Gasteiger partial charge on any atom is 0.357 e. The Morgan fingerprint density at radius 3 is 1.24 bits per heavy atom. The van der Waals surface area contributed by atoms with Crippen LogP contribution in [0.2, 0.25) is 0 Å². The number of benzene rings is 2. The highest BCUT2D eigenvalue weighted by Crippen LogP contribution is 1.85. The van der Waals surface area contributed by atoms with Gasteiger partial charge in [-0.25, -0.2) is 0 Å². The smallest absolute Gasteiger partial charge is 0.357 e. The van der Waals surface area contributed by atoms with Gasteiger partial charge in [0.1, 0.15) is 0 Å². The van der Waals surface area contributed by atoms with Gasteiger partial charge in [-0.05, 0) is 24.3 Å². The van der Waals surface area contributed by atoms with E-state index in [4.69, 9.17) is 14.0 Å². The molecule has 17 heavy (non-hydrogen) atoms. The van der Waals surface area contributed by atoms with Crippen molar-refractivity contribution in [2.75, 3.05) is 0 Å². The Kier molecular flexibility index (Phi) is 7.14. The van der Waals surface area contributed by atoms with Gasteiger partial charge in [0, 0.05) is 0 Å². The van der Waals surface area contributed by atoms with Gasteiger partial charge in [0.25, 0.3) is 0 Å². The van der Waals surface area contributed by atoms with Gasteiger partial charge in [-0.1, -0.05) is 36.4 Å². The monoisotopic (exact) mass is 364 g/mol. The number of hydrogen-bond donors (Lipinski definition) is 0. The van der Waals surface area contributed by atoms with E-state index in [9.17, 15) is 0 Å². The summed E-state index contributed by atoms with van der Waals surface area (Å²) in [6, 6.07) is 21.4. The molecule has 0 aliphatic rings. The third kappa shape index (κ3) is 7.30. The van der Waals surface area contributed by atoms with Gasteiger partial charge in [0.15, 0.2) is 7.14 Å². The molecule has 90 valence electrons. The van der Waals surface area contributed by atoms with E-state index >= 15 is 0 Å². The van der Waals surface area contributed by atoms with Crippen LogP contribution in [0.15, 0.2) is 60.7 Å². The molecule has 0 amide bonds. The zero-order chi connectivity index (χ0) is 12.5. The van der Waals surface area contributed by atoms with E-state index in [0.29, 0.717) is 0 Å². The lowest BCUT2D eigenvalue weighted by atomic mass is 10.4. The summed E-state index contributed by atoms with van der Waals surface area (Å²) in [7, 11) is -2.85. The summed E-state index contributed by atoms with van der Waals surface area (Å²) in [6.45, 7) is 0. The van der Waals surface area contributed by atoms with Gasteiger partial charge in [-0.3, -0.25) is 0 Å². The van der Waals surface area contributed by atoms with E-state index in [0.717, 1.165) is 0 Å². The van der Waals surface area contributed by atoms with E-state index in [-0.39, 0.29) is 21.2 Å². The summed E-state index contributed by atoms with van der Waals surface area (Å²) in [5.41, 5.74) is 0. The van der Waals surface area contributed by atoms with Crippen LogP contribution in [-0.2, 0) is 0 Å². The molecule has 0 aliphatic heterocycles. The first-order chi connectivity index (χ1) is 8.18. The van der Waals surface area contributed by atoms with Crippen LogP contribution in [0.3, 0.4) is 0 Å². The highest BCUT2D eigenvalue weighted by atomic mass is 127. The fourth-order valence-electron chi connectivity index (χ4n) is 1.08. The summed E-state index contributed by atoms with van der Waals surface area (Å²) in [4.78, 5) is 0. The predicted octanol–water partition coefficient (Wildman–Crippen LogP) is -3.75. The van der Waals surface area contributed by atoms with E-state index < -0.39 is 10.8 Å². The van der Waals surface area contributed by atoms with E-state index in [1.807, 2.05) is 0 Å². The molecule has 0 spiro atoms. The average Bonchev–Trinajstić information content (AvgIpc) is 2.31. The van der Waals surface area contributed by atoms with Gasteiger partial charge in [-0.15, -0.1) is 0 Å². The van der Waals surface area contributed by atoms with Crippen LogP contribution in [-0.4, -0.2) is 0 Å². The van der Waals surface area contributed by atoms with Crippen LogP contribution in [0, 0.1) is 17.9 Å². The van der Waals surface area contributed by atoms with Crippen molar-refractivity contribution in [3.8, 4) is 0 Å². The Balaban J connectivity index is 0.000000317. The normalized spacial score (nSPS) is 9.65. The van der Waals surface area contributed by atoms with E-state index in [1.165, 1.54) is 7.14 Å². The lowest BCUT2D eigenvalue weighted by Crippen LogP contribution is -3.61. The molecule has 2 rings (SSSR count). The lowest BCUT2D eigenvalue weighted by Gasteiger charge is -1.89. The van der Waals surface area contributed by atoms with E-state index in [1.54, 1.807) is 0 Å². The third-order valence-corrected chi connectivity index (χ3v) is 4.37. The topological polar surface area (TPSA) is 69.2 Å². The van der Waals surface area contributed by atoms with Crippen molar-refractivity contribution in [3.05, 3.63) is 67.8 Å². The Labute approximate surface area is 113 Å². The average molecular weight is 365 g/mol. The molecule has 2 aromatic carbocycles. The van der Waals surface area contributed by atoms with Crippen LogP contribution in [0.1, 0.15) is 0 Å². The molecule has 0 radical (unpaired) electrons. The van der Waals surface area contributed by atoms with Crippen LogP contribution >= 0.6 is 0 Å². The first-order valence-corrected chi connectivity index (χ1v) is 7.75. The summed E-state index contributed by atoms with van der Waals surface area (Å²) in [6.07, 6.45) is 0. The van der Waals surface area contributed by atoms with Crippen molar-refractivity contribution in [2.45, 2.75) is 0 Å². The second kappa shape index (κ2) is 8.43. The molecule has 0 heterocycles. The Morgan fingerprint density at radius 1 is 0.647 bits per heavy atom. The van der Waals surface area contributed by atoms with Gasteiger partial charge >= 0.3 is 21.2 Å². The van der Waals surface area contributed by atoms with Crippen molar-refractivity contribution in [3.63, 3.8) is 0 Å². The molecule has 5 heteroatoms. The van der Waals surface area contributed by atoms with Crippen LogP contribution < -0.4 is 35.2 Å². The maximum atomic E-state index is 8.41. The first-order valence-electron chi connectivity index (χ1n) is 4.66. The molecule has 0 fully saturated rings. The molecule has 0 bridgehead atoms. The third-order valence-electron chi connectivity index (χ3n) is 1.68. The maximum absolute atomic E-state index is 8.41. The molecule has 0 atom stereocenters. The number of hydrogen-bond acceptors (Lipinski definition) is 3. The molecular formula is C12H10ClIO3. The Hall–Kier alpha value is -0.660. The minimum absolute atomic E-state index is 0.0287. The van der Waals surface area contributed by atoms with Crippen LogP contribution in [0.5, 0.6) is 0 Å². The molecule has 0 N–H and O–H groups in total. The van der Waals surface area contributed by atoms with Gasteiger partial charge in [-0.2, -0.15) is 0 Å². The molecular weight excluding hydrogens is 354 g/mol. The van der Waals surface area contributed by atoms with Gasteiger partial charge in [0.2, 0.25) is 0 Å². The first kappa shape index (κ1) is 14.4. The second-order valence-corrected chi connectivity index (χ2v) is 6.28. The molecule has 0 saturated heterocycles. The highest BCUT2D eigenvalue weighted by Gasteiger charge is 2.12. The SMILES string of the molecule is [O-][Cl+2]([O-])[O-].c1ccc([I+]c2ccccc2)cc1. The summed E-state index contributed by atoms with van der Waals surface area (Å²) in [5, 5.41) is 0. The van der Waals surface area contributed by atoms with Crippen LogP contribution in [0.4, 0.5) is 0 Å².